The van der Waals surface area contributed by atoms with Crippen molar-refractivity contribution < 1.29 is 15.0 Å². The number of carboxylic acid groups (broad SMARTS) is 1. The number of carboxylic acids is 1. The SMILES string of the molecule is CC(C)n1c(CC(C)(C)C(=O)O)cc2ccc(O)cc21. The first-order valence-corrected chi connectivity index (χ1v) is 6.78. The fourth-order valence-electron chi connectivity index (χ4n) is 2.54. The summed E-state index contributed by atoms with van der Waals surface area (Å²) in [5.74, 6) is -0.581. The van der Waals surface area contributed by atoms with Crippen LogP contribution in [0, 0.1) is 5.41 Å². The van der Waals surface area contributed by atoms with E-state index in [-0.39, 0.29) is 11.8 Å². The van der Waals surface area contributed by atoms with Crippen LogP contribution in [0.15, 0.2) is 24.3 Å². The van der Waals surface area contributed by atoms with Crippen molar-refractivity contribution in [3.63, 3.8) is 0 Å². The summed E-state index contributed by atoms with van der Waals surface area (Å²) < 4.78 is 2.10. The summed E-state index contributed by atoms with van der Waals surface area (Å²) in [6.45, 7) is 7.58. The van der Waals surface area contributed by atoms with E-state index in [9.17, 15) is 15.0 Å². The number of hydrogen-bond donors (Lipinski definition) is 2. The molecule has 108 valence electrons. The lowest BCUT2D eigenvalue weighted by Gasteiger charge is -2.22. The minimum absolute atomic E-state index is 0.203. The second-order valence-corrected chi connectivity index (χ2v) is 6.21. The van der Waals surface area contributed by atoms with Gasteiger partial charge in [-0.2, -0.15) is 0 Å². The van der Waals surface area contributed by atoms with E-state index in [1.165, 1.54) is 0 Å². The van der Waals surface area contributed by atoms with Crippen LogP contribution >= 0.6 is 0 Å². The average molecular weight is 275 g/mol. The van der Waals surface area contributed by atoms with Gasteiger partial charge in [-0.15, -0.1) is 0 Å². The van der Waals surface area contributed by atoms with Crippen molar-refractivity contribution in [1.82, 2.24) is 4.57 Å². The van der Waals surface area contributed by atoms with Crippen LogP contribution in [-0.2, 0) is 11.2 Å². The molecule has 0 bridgehead atoms. The van der Waals surface area contributed by atoms with Crippen LogP contribution < -0.4 is 0 Å². The molecule has 0 atom stereocenters. The normalized spacial score (nSPS) is 12.2. The van der Waals surface area contributed by atoms with E-state index in [1.807, 2.05) is 12.1 Å². The summed E-state index contributed by atoms with van der Waals surface area (Å²) in [5, 5.41) is 20.0. The van der Waals surface area contributed by atoms with Gasteiger partial charge in [0.1, 0.15) is 5.75 Å². The first-order chi connectivity index (χ1) is 9.22. The van der Waals surface area contributed by atoms with E-state index in [2.05, 4.69) is 18.4 Å². The van der Waals surface area contributed by atoms with Gasteiger partial charge < -0.3 is 14.8 Å². The fourth-order valence-corrected chi connectivity index (χ4v) is 2.54. The molecular weight excluding hydrogens is 254 g/mol. The number of benzene rings is 1. The quantitative estimate of drug-likeness (QED) is 0.896. The monoisotopic (exact) mass is 275 g/mol. The number of rotatable bonds is 4. The maximum absolute atomic E-state index is 11.3. The van der Waals surface area contributed by atoms with Gasteiger partial charge in [-0.05, 0) is 45.9 Å². The molecule has 1 heterocycles. The molecule has 0 amide bonds. The van der Waals surface area contributed by atoms with Crippen LogP contribution in [0.3, 0.4) is 0 Å². The third kappa shape index (κ3) is 2.50. The van der Waals surface area contributed by atoms with Crippen molar-refractivity contribution in [2.75, 3.05) is 0 Å². The summed E-state index contributed by atoms with van der Waals surface area (Å²) in [6.07, 6.45) is 0.454. The highest BCUT2D eigenvalue weighted by atomic mass is 16.4. The second kappa shape index (κ2) is 4.85. The summed E-state index contributed by atoms with van der Waals surface area (Å²) in [4.78, 5) is 11.3. The molecule has 2 rings (SSSR count). The number of phenols is 1. The minimum Gasteiger partial charge on any atom is -0.508 e. The number of aromatic hydroxyl groups is 1. The molecule has 2 aromatic rings. The van der Waals surface area contributed by atoms with Crippen molar-refractivity contribution in [3.05, 3.63) is 30.0 Å². The Labute approximate surface area is 118 Å². The van der Waals surface area contributed by atoms with Gasteiger partial charge in [-0.3, -0.25) is 4.79 Å². The molecule has 0 unspecified atom stereocenters. The molecule has 0 fully saturated rings. The molecule has 0 aliphatic heterocycles. The van der Waals surface area contributed by atoms with Gasteiger partial charge in [-0.1, -0.05) is 0 Å². The third-order valence-corrected chi connectivity index (χ3v) is 3.62. The molecule has 2 N–H and O–H groups in total. The Bertz CT molecular complexity index is 653. The Kier molecular flexibility index (Phi) is 3.50. The zero-order chi connectivity index (χ0) is 15.1. The van der Waals surface area contributed by atoms with Crippen LogP contribution in [0.4, 0.5) is 0 Å². The molecule has 0 aliphatic rings. The lowest BCUT2D eigenvalue weighted by Crippen LogP contribution is -2.27. The summed E-state index contributed by atoms with van der Waals surface area (Å²) >= 11 is 0. The van der Waals surface area contributed by atoms with Crippen LogP contribution in [0.5, 0.6) is 5.75 Å². The Balaban J connectivity index is 2.58. The molecule has 4 heteroatoms. The number of hydrogen-bond acceptors (Lipinski definition) is 2. The van der Waals surface area contributed by atoms with Crippen LogP contribution in [0.25, 0.3) is 10.9 Å². The van der Waals surface area contributed by atoms with E-state index >= 15 is 0 Å². The molecule has 4 nitrogen and oxygen atoms in total. The van der Waals surface area contributed by atoms with Gasteiger partial charge in [0, 0.05) is 29.6 Å². The second-order valence-electron chi connectivity index (χ2n) is 6.21. The fraction of sp³-hybridized carbons (Fsp3) is 0.438. The standard InChI is InChI=1S/C16H21NO3/c1-10(2)17-12(9-16(3,4)15(19)20)7-11-5-6-13(18)8-14(11)17/h5-8,10,18H,9H2,1-4H3,(H,19,20). The number of phenolic OH excluding ortho intramolecular Hbond substituents is 1. The van der Waals surface area contributed by atoms with Crippen LogP contribution in [-0.4, -0.2) is 20.7 Å². The molecule has 1 aromatic carbocycles. The predicted molar refractivity (Wildman–Crippen MR) is 79.1 cm³/mol. The van der Waals surface area contributed by atoms with Crippen molar-refractivity contribution in [2.24, 2.45) is 5.41 Å². The highest BCUT2D eigenvalue weighted by molar-refractivity contribution is 5.83. The van der Waals surface area contributed by atoms with Crippen molar-refractivity contribution >= 4 is 16.9 Å². The molecular formula is C16H21NO3. The Morgan fingerprint density at radius 2 is 1.95 bits per heavy atom. The van der Waals surface area contributed by atoms with Crippen LogP contribution in [0.2, 0.25) is 0 Å². The number of aliphatic carboxylic acids is 1. The zero-order valence-electron chi connectivity index (χ0n) is 12.3. The Morgan fingerprint density at radius 1 is 1.30 bits per heavy atom. The largest absolute Gasteiger partial charge is 0.508 e. The van der Waals surface area contributed by atoms with Gasteiger partial charge in [-0.25, -0.2) is 0 Å². The number of fused-ring (bicyclic) bond motifs is 1. The maximum Gasteiger partial charge on any atom is 0.309 e. The summed E-state index contributed by atoms with van der Waals surface area (Å²) in [7, 11) is 0. The molecule has 0 radical (unpaired) electrons. The molecule has 0 saturated carbocycles. The highest BCUT2D eigenvalue weighted by Gasteiger charge is 2.29. The van der Waals surface area contributed by atoms with Gasteiger partial charge in [0.05, 0.1) is 10.9 Å². The van der Waals surface area contributed by atoms with Crippen molar-refractivity contribution in [1.29, 1.82) is 0 Å². The lowest BCUT2D eigenvalue weighted by molar-refractivity contribution is -0.146. The smallest absolute Gasteiger partial charge is 0.309 e. The predicted octanol–water partition coefficient (Wildman–Crippen LogP) is 3.58. The Morgan fingerprint density at radius 3 is 2.50 bits per heavy atom. The molecule has 1 aromatic heterocycles. The molecule has 0 spiro atoms. The number of aromatic nitrogens is 1. The first-order valence-electron chi connectivity index (χ1n) is 6.78. The summed E-state index contributed by atoms with van der Waals surface area (Å²) in [5.41, 5.74) is 1.10. The van der Waals surface area contributed by atoms with Crippen molar-refractivity contribution in [3.8, 4) is 5.75 Å². The van der Waals surface area contributed by atoms with E-state index in [0.29, 0.717) is 6.42 Å². The van der Waals surface area contributed by atoms with E-state index in [4.69, 9.17) is 0 Å². The minimum atomic E-state index is -0.816. The van der Waals surface area contributed by atoms with Gasteiger partial charge >= 0.3 is 5.97 Å². The first kappa shape index (κ1) is 14.4. The maximum atomic E-state index is 11.3. The number of nitrogens with zero attached hydrogens (tertiary/aromatic N) is 1. The average Bonchev–Trinajstić information content (AvgIpc) is 2.64. The third-order valence-electron chi connectivity index (χ3n) is 3.62. The number of carbonyl (C=O) groups is 1. The van der Waals surface area contributed by atoms with Gasteiger partial charge in [0.2, 0.25) is 0 Å². The zero-order valence-corrected chi connectivity index (χ0v) is 12.3. The van der Waals surface area contributed by atoms with Gasteiger partial charge in [0.15, 0.2) is 0 Å². The highest BCUT2D eigenvalue weighted by Crippen LogP contribution is 2.31. The molecule has 0 aliphatic carbocycles. The summed E-state index contributed by atoms with van der Waals surface area (Å²) in [6, 6.07) is 7.46. The van der Waals surface area contributed by atoms with Crippen LogP contribution in [0.1, 0.15) is 39.4 Å². The Hall–Kier alpha value is -1.97. The van der Waals surface area contributed by atoms with Gasteiger partial charge in [0.25, 0.3) is 0 Å². The topological polar surface area (TPSA) is 62.5 Å². The molecule has 20 heavy (non-hydrogen) atoms. The lowest BCUT2D eigenvalue weighted by atomic mass is 9.88. The van der Waals surface area contributed by atoms with E-state index < -0.39 is 11.4 Å². The van der Waals surface area contributed by atoms with E-state index in [0.717, 1.165) is 16.6 Å². The van der Waals surface area contributed by atoms with E-state index in [1.54, 1.807) is 26.0 Å². The van der Waals surface area contributed by atoms with Crippen molar-refractivity contribution in [2.45, 2.75) is 40.2 Å². The molecule has 0 saturated heterocycles.